The van der Waals surface area contributed by atoms with Gasteiger partial charge in [-0.3, -0.25) is 14.2 Å². The molecule has 1 atom stereocenters. The predicted molar refractivity (Wildman–Crippen MR) is 106 cm³/mol. The fraction of sp³-hybridized carbons (Fsp3) is 0.333. The Hall–Kier alpha value is -2.39. The average molecular weight is 406 g/mol. The van der Waals surface area contributed by atoms with Crippen molar-refractivity contribution in [2.45, 2.75) is 31.2 Å². The molecular formula is C18H19N3O4S2. The minimum Gasteiger partial charge on any atom is -0.465 e. The van der Waals surface area contributed by atoms with E-state index in [1.54, 1.807) is 33.9 Å². The Morgan fingerprint density at radius 2 is 2.07 bits per heavy atom. The van der Waals surface area contributed by atoms with Gasteiger partial charge in [-0.05, 0) is 37.8 Å². The van der Waals surface area contributed by atoms with Gasteiger partial charge in [0.15, 0.2) is 10.9 Å². The number of nitrogens with zero attached hydrogens (tertiary/aromatic N) is 2. The van der Waals surface area contributed by atoms with E-state index in [2.05, 4.69) is 9.97 Å². The third-order valence-electron chi connectivity index (χ3n) is 4.39. The lowest BCUT2D eigenvalue weighted by Crippen LogP contribution is -2.22. The number of hydrogen-bond acceptors (Lipinski definition) is 7. The smallest absolute Gasteiger partial charge is 0.339 e. The molecule has 1 unspecified atom stereocenters. The Morgan fingerprint density at radius 3 is 2.74 bits per heavy atom. The second-order valence-electron chi connectivity index (χ2n) is 6.14. The normalized spacial score (nSPS) is 12.3. The fourth-order valence-corrected chi connectivity index (χ4v) is 4.64. The van der Waals surface area contributed by atoms with Crippen molar-refractivity contribution in [3.05, 3.63) is 44.3 Å². The minimum absolute atomic E-state index is 0.136. The van der Waals surface area contributed by atoms with Crippen molar-refractivity contribution in [2.75, 3.05) is 7.11 Å². The standard InChI is InChI=1S/C18H19N3O4S2/c1-8-12(17(24)25-5)9(2)19-13(8)14(22)10(3)27-18-20-15-11(6-7-26-15)16(23)21(18)4/h6-7,10,19H,1-5H3. The molecule has 3 aromatic heterocycles. The number of carbonyl (C=O) groups is 2. The summed E-state index contributed by atoms with van der Waals surface area (Å²) in [5.41, 5.74) is 1.76. The summed E-state index contributed by atoms with van der Waals surface area (Å²) in [5.74, 6) is -0.649. The average Bonchev–Trinajstić information content (AvgIpc) is 3.22. The van der Waals surface area contributed by atoms with E-state index in [-0.39, 0.29) is 11.3 Å². The number of H-pyrrole nitrogens is 1. The SMILES string of the molecule is COC(=O)c1c(C)[nH]c(C(=O)C(C)Sc2nc3sccc3c(=O)n2C)c1C. The van der Waals surface area contributed by atoms with Gasteiger partial charge in [0.1, 0.15) is 4.83 Å². The molecule has 9 heteroatoms. The van der Waals surface area contributed by atoms with Crippen molar-refractivity contribution in [2.24, 2.45) is 7.05 Å². The van der Waals surface area contributed by atoms with Gasteiger partial charge in [-0.15, -0.1) is 11.3 Å². The predicted octanol–water partition coefficient (Wildman–Crippen LogP) is 3.09. The van der Waals surface area contributed by atoms with Crippen molar-refractivity contribution >= 4 is 45.1 Å². The first-order valence-electron chi connectivity index (χ1n) is 8.18. The number of hydrogen-bond donors (Lipinski definition) is 1. The van der Waals surface area contributed by atoms with E-state index in [9.17, 15) is 14.4 Å². The molecule has 0 aliphatic heterocycles. The summed E-state index contributed by atoms with van der Waals surface area (Å²) in [4.78, 5) is 45.4. The molecule has 0 aliphatic rings. The molecule has 3 rings (SSSR count). The number of nitrogens with one attached hydrogen (secondary N) is 1. The van der Waals surface area contributed by atoms with Gasteiger partial charge in [0.05, 0.1) is 29.0 Å². The Morgan fingerprint density at radius 1 is 1.37 bits per heavy atom. The molecule has 0 radical (unpaired) electrons. The van der Waals surface area contributed by atoms with Gasteiger partial charge in [-0.25, -0.2) is 9.78 Å². The van der Waals surface area contributed by atoms with E-state index >= 15 is 0 Å². The molecule has 0 aromatic carbocycles. The zero-order valence-corrected chi connectivity index (χ0v) is 17.2. The third-order valence-corrected chi connectivity index (χ3v) is 6.34. The maximum Gasteiger partial charge on any atom is 0.339 e. The molecule has 27 heavy (non-hydrogen) atoms. The summed E-state index contributed by atoms with van der Waals surface area (Å²) in [7, 11) is 2.95. The first-order valence-corrected chi connectivity index (χ1v) is 9.94. The highest BCUT2D eigenvalue weighted by Crippen LogP contribution is 2.28. The minimum atomic E-state index is -0.497. The molecule has 7 nitrogen and oxygen atoms in total. The summed E-state index contributed by atoms with van der Waals surface area (Å²) in [5, 5.41) is 2.37. The van der Waals surface area contributed by atoms with Crippen LogP contribution in [0.2, 0.25) is 0 Å². The van der Waals surface area contributed by atoms with Crippen LogP contribution in [0.15, 0.2) is 21.4 Å². The van der Waals surface area contributed by atoms with E-state index in [0.29, 0.717) is 37.9 Å². The van der Waals surface area contributed by atoms with Crippen molar-refractivity contribution < 1.29 is 14.3 Å². The van der Waals surface area contributed by atoms with Gasteiger partial charge in [0, 0.05) is 12.7 Å². The number of esters is 1. The Balaban J connectivity index is 1.92. The number of thioether (sulfide) groups is 1. The highest BCUT2D eigenvalue weighted by molar-refractivity contribution is 8.00. The van der Waals surface area contributed by atoms with Gasteiger partial charge in [-0.2, -0.15) is 0 Å². The molecule has 0 saturated carbocycles. The number of ketones is 1. The van der Waals surface area contributed by atoms with E-state index in [1.807, 2.05) is 5.38 Å². The Labute approximate surface area is 163 Å². The molecule has 1 N–H and O–H groups in total. The lowest BCUT2D eigenvalue weighted by molar-refractivity contribution is 0.0599. The van der Waals surface area contributed by atoms with Crippen molar-refractivity contribution in [1.82, 2.24) is 14.5 Å². The van der Waals surface area contributed by atoms with Gasteiger partial charge in [0.25, 0.3) is 5.56 Å². The molecule has 3 aromatic rings. The van der Waals surface area contributed by atoms with Gasteiger partial charge < -0.3 is 9.72 Å². The third kappa shape index (κ3) is 3.32. The van der Waals surface area contributed by atoms with Crippen LogP contribution in [0.1, 0.15) is 39.0 Å². The largest absolute Gasteiger partial charge is 0.465 e. The number of aromatic amines is 1. The highest BCUT2D eigenvalue weighted by atomic mass is 32.2. The van der Waals surface area contributed by atoms with E-state index in [1.165, 1.54) is 34.8 Å². The number of ether oxygens (including phenoxy) is 1. The lowest BCUT2D eigenvalue weighted by atomic mass is 10.1. The van der Waals surface area contributed by atoms with Crippen LogP contribution in [0.5, 0.6) is 0 Å². The van der Waals surface area contributed by atoms with Crippen molar-refractivity contribution in [1.29, 1.82) is 0 Å². The molecule has 142 valence electrons. The quantitative estimate of drug-likeness (QED) is 0.303. The number of methoxy groups -OCH3 is 1. The van der Waals surface area contributed by atoms with Gasteiger partial charge in [0.2, 0.25) is 0 Å². The Kier molecular flexibility index (Phi) is 5.25. The molecule has 0 aliphatic carbocycles. The topological polar surface area (TPSA) is 94.1 Å². The van der Waals surface area contributed by atoms with Crippen LogP contribution in [-0.2, 0) is 11.8 Å². The van der Waals surface area contributed by atoms with Crippen LogP contribution in [0.3, 0.4) is 0 Å². The van der Waals surface area contributed by atoms with Crippen molar-refractivity contribution in [3.8, 4) is 0 Å². The summed E-state index contributed by atoms with van der Waals surface area (Å²) in [6.45, 7) is 5.20. The number of thiophene rings is 1. The second-order valence-corrected chi connectivity index (χ2v) is 8.34. The van der Waals surface area contributed by atoms with Crippen LogP contribution in [0, 0.1) is 13.8 Å². The molecule has 3 heterocycles. The molecule has 0 fully saturated rings. The summed E-state index contributed by atoms with van der Waals surface area (Å²) < 4.78 is 6.24. The molecular weight excluding hydrogens is 386 g/mol. The van der Waals surface area contributed by atoms with Gasteiger partial charge >= 0.3 is 5.97 Å². The highest BCUT2D eigenvalue weighted by Gasteiger charge is 2.27. The monoisotopic (exact) mass is 405 g/mol. The van der Waals surface area contributed by atoms with Crippen LogP contribution in [0.25, 0.3) is 10.2 Å². The molecule has 0 saturated heterocycles. The van der Waals surface area contributed by atoms with Crippen LogP contribution >= 0.6 is 23.1 Å². The Bertz CT molecular complexity index is 1110. The number of fused-ring (bicyclic) bond motifs is 1. The summed E-state index contributed by atoms with van der Waals surface area (Å²) >= 11 is 2.61. The number of aromatic nitrogens is 3. The summed E-state index contributed by atoms with van der Waals surface area (Å²) in [6.07, 6.45) is 0. The van der Waals surface area contributed by atoms with E-state index in [0.717, 1.165) is 0 Å². The lowest BCUT2D eigenvalue weighted by Gasteiger charge is -2.12. The molecule has 0 bridgehead atoms. The summed E-state index contributed by atoms with van der Waals surface area (Å²) in [6, 6.07) is 1.75. The van der Waals surface area contributed by atoms with Crippen LogP contribution in [0.4, 0.5) is 0 Å². The van der Waals surface area contributed by atoms with Crippen LogP contribution < -0.4 is 5.56 Å². The van der Waals surface area contributed by atoms with Crippen molar-refractivity contribution in [3.63, 3.8) is 0 Å². The van der Waals surface area contributed by atoms with Gasteiger partial charge in [-0.1, -0.05) is 11.8 Å². The zero-order valence-electron chi connectivity index (χ0n) is 15.6. The van der Waals surface area contributed by atoms with E-state index in [4.69, 9.17) is 4.74 Å². The molecule has 0 spiro atoms. The fourth-order valence-electron chi connectivity index (χ4n) is 2.90. The number of rotatable bonds is 5. The first-order chi connectivity index (χ1) is 12.8. The number of aryl methyl sites for hydroxylation is 1. The molecule has 0 amide bonds. The maximum absolute atomic E-state index is 12.9. The number of carbonyl (C=O) groups excluding carboxylic acids is 2. The number of Topliss-reactive ketones (excluding diaryl/α,β-unsaturated/α-hetero) is 1. The maximum atomic E-state index is 12.9. The zero-order chi connectivity index (χ0) is 19.9. The van der Waals surface area contributed by atoms with E-state index < -0.39 is 11.2 Å². The first kappa shape index (κ1) is 19.4. The van der Waals surface area contributed by atoms with Crippen LogP contribution in [-0.4, -0.2) is 38.6 Å². The second kappa shape index (κ2) is 7.32.